The lowest BCUT2D eigenvalue weighted by molar-refractivity contribution is -0.136. The molecule has 2 amide bonds. The van der Waals surface area contributed by atoms with Gasteiger partial charge in [0.25, 0.3) is 5.56 Å². The van der Waals surface area contributed by atoms with E-state index in [4.69, 9.17) is 4.42 Å². The summed E-state index contributed by atoms with van der Waals surface area (Å²) in [4.78, 5) is 41.2. The van der Waals surface area contributed by atoms with Crippen LogP contribution in [-0.4, -0.2) is 22.9 Å². The maximum atomic E-state index is 12.3. The second kappa shape index (κ2) is 7.88. The van der Waals surface area contributed by atoms with Crippen molar-refractivity contribution in [3.05, 3.63) is 73.2 Å². The molecule has 2 aromatic heterocycles. The lowest BCUT2D eigenvalue weighted by Crippen LogP contribution is -2.34. The molecule has 0 aliphatic carbocycles. The molecule has 3 heterocycles. The predicted molar refractivity (Wildman–Crippen MR) is 108 cm³/mol. The van der Waals surface area contributed by atoms with Crippen LogP contribution in [0.3, 0.4) is 0 Å². The molecule has 4 rings (SSSR count). The van der Waals surface area contributed by atoms with Gasteiger partial charge in [0, 0.05) is 18.3 Å². The highest BCUT2D eigenvalue weighted by Crippen LogP contribution is 2.10. The van der Waals surface area contributed by atoms with Crippen molar-refractivity contribution < 1.29 is 14.0 Å². The third-order valence-corrected chi connectivity index (χ3v) is 5.40. The lowest BCUT2D eigenvalue weighted by atomic mass is 10.2. The number of amides is 2. The maximum absolute atomic E-state index is 12.3. The van der Waals surface area contributed by atoms with Gasteiger partial charge in [0.1, 0.15) is 11.5 Å². The fraction of sp³-hybridized carbons (Fsp3) is 0.200. The molecule has 0 fully saturated rings. The first-order valence-corrected chi connectivity index (χ1v) is 9.82. The zero-order chi connectivity index (χ0) is 20.4. The Labute approximate surface area is 169 Å². The van der Waals surface area contributed by atoms with Crippen molar-refractivity contribution in [1.82, 2.24) is 9.88 Å². The summed E-state index contributed by atoms with van der Waals surface area (Å²) in [5.74, 6) is -0.545. The molecule has 9 heteroatoms. The van der Waals surface area contributed by atoms with Crippen LogP contribution in [0.25, 0.3) is 6.08 Å². The normalized spacial score (nSPS) is 13.1. The van der Waals surface area contributed by atoms with E-state index in [9.17, 15) is 14.4 Å². The van der Waals surface area contributed by atoms with Crippen molar-refractivity contribution in [2.45, 2.75) is 20.0 Å². The fourth-order valence-electron chi connectivity index (χ4n) is 2.84. The van der Waals surface area contributed by atoms with Gasteiger partial charge in [-0.25, -0.2) is 0 Å². The molecule has 1 aliphatic heterocycles. The zero-order valence-corrected chi connectivity index (χ0v) is 16.4. The summed E-state index contributed by atoms with van der Waals surface area (Å²) in [7, 11) is 0. The molecule has 0 saturated carbocycles. The first kappa shape index (κ1) is 18.9. The van der Waals surface area contributed by atoms with Crippen molar-refractivity contribution in [3.8, 4) is 0 Å². The van der Waals surface area contributed by atoms with Gasteiger partial charge >= 0.3 is 11.8 Å². The highest BCUT2D eigenvalue weighted by atomic mass is 32.1. The number of furan rings is 1. The Hall–Kier alpha value is -3.46. The van der Waals surface area contributed by atoms with Crippen LogP contribution in [0.2, 0.25) is 0 Å². The van der Waals surface area contributed by atoms with Crippen LogP contribution in [0.5, 0.6) is 0 Å². The summed E-state index contributed by atoms with van der Waals surface area (Å²) in [5, 5.41) is 5.05. The number of thiazole rings is 1. The Morgan fingerprint density at radius 1 is 1.21 bits per heavy atom. The monoisotopic (exact) mass is 410 g/mol. The van der Waals surface area contributed by atoms with Crippen LogP contribution >= 0.6 is 11.3 Å². The van der Waals surface area contributed by atoms with E-state index in [0.29, 0.717) is 34.8 Å². The van der Waals surface area contributed by atoms with Gasteiger partial charge in [-0.15, -0.1) is 0 Å². The van der Waals surface area contributed by atoms with Crippen LogP contribution in [-0.2, 0) is 22.7 Å². The number of hydrogen-bond acceptors (Lipinski definition) is 6. The molecule has 2 N–H and O–H groups in total. The standard InChI is InChI=1S/C20H18N4O4S/c1-12-2-4-13(5-3-12)23-18(26)17(25)22-11-15-7-6-14(28-15)10-16-19(27)24-9-8-21-20(24)29-16/h2-7,10H,8-9,11H2,1H3,(H,22,25)(H,23,26)/b16-10-. The second-order valence-electron chi connectivity index (χ2n) is 6.54. The van der Waals surface area contributed by atoms with Gasteiger partial charge in [0.2, 0.25) is 0 Å². The highest BCUT2D eigenvalue weighted by molar-refractivity contribution is 7.07. The summed E-state index contributed by atoms with van der Waals surface area (Å²) in [6.07, 6.45) is 1.66. The minimum atomic E-state index is -0.762. The van der Waals surface area contributed by atoms with E-state index < -0.39 is 11.8 Å². The summed E-state index contributed by atoms with van der Waals surface area (Å²) >= 11 is 1.32. The Morgan fingerprint density at radius 2 is 2.00 bits per heavy atom. The van der Waals surface area contributed by atoms with Gasteiger partial charge in [-0.1, -0.05) is 29.0 Å². The summed E-state index contributed by atoms with van der Waals surface area (Å²) in [5.41, 5.74) is 1.53. The molecule has 0 spiro atoms. The Bertz CT molecular complexity index is 1250. The van der Waals surface area contributed by atoms with Crippen molar-refractivity contribution in [3.63, 3.8) is 0 Å². The fourth-order valence-corrected chi connectivity index (χ4v) is 3.85. The van der Waals surface area contributed by atoms with Crippen LogP contribution in [0.1, 0.15) is 17.1 Å². The number of carbonyl (C=O) groups excluding carboxylic acids is 2. The Balaban J connectivity index is 1.37. The second-order valence-corrected chi connectivity index (χ2v) is 7.55. The molecule has 0 unspecified atom stereocenters. The van der Waals surface area contributed by atoms with Crippen molar-refractivity contribution >= 4 is 34.9 Å². The SMILES string of the molecule is Cc1ccc(NC(=O)C(=O)NCc2ccc(/C=c3\sc4n(c3=O)CCN=4)o2)cc1. The van der Waals surface area contributed by atoms with Crippen molar-refractivity contribution in [2.24, 2.45) is 4.99 Å². The van der Waals surface area contributed by atoms with E-state index in [0.717, 1.165) is 10.4 Å². The van der Waals surface area contributed by atoms with E-state index in [-0.39, 0.29) is 12.1 Å². The minimum Gasteiger partial charge on any atom is -0.460 e. The van der Waals surface area contributed by atoms with E-state index in [1.807, 2.05) is 19.1 Å². The van der Waals surface area contributed by atoms with Crippen LogP contribution in [0.15, 0.2) is 50.6 Å². The third kappa shape index (κ3) is 4.19. The summed E-state index contributed by atoms with van der Waals surface area (Å²) in [6.45, 7) is 3.25. The van der Waals surface area contributed by atoms with Gasteiger partial charge in [-0.05, 0) is 31.2 Å². The Morgan fingerprint density at radius 3 is 2.76 bits per heavy atom. The molecular weight excluding hydrogens is 392 g/mol. The van der Waals surface area contributed by atoms with Gasteiger partial charge < -0.3 is 15.1 Å². The number of rotatable bonds is 4. The molecular formula is C20H18N4O4S. The van der Waals surface area contributed by atoms with Crippen molar-refractivity contribution in [1.29, 1.82) is 0 Å². The van der Waals surface area contributed by atoms with Crippen LogP contribution in [0, 0.1) is 6.92 Å². The quantitative estimate of drug-likeness (QED) is 0.612. The molecule has 0 radical (unpaired) electrons. The number of carbonyl (C=O) groups is 2. The number of fused-ring (bicyclic) bond motifs is 1. The molecule has 29 heavy (non-hydrogen) atoms. The van der Waals surface area contributed by atoms with Gasteiger partial charge in [-0.3, -0.25) is 23.9 Å². The molecule has 1 aromatic carbocycles. The molecule has 0 saturated heterocycles. The number of benzene rings is 1. The molecule has 8 nitrogen and oxygen atoms in total. The molecule has 0 bridgehead atoms. The largest absolute Gasteiger partial charge is 0.460 e. The number of anilines is 1. The van der Waals surface area contributed by atoms with Gasteiger partial charge in [0.15, 0.2) is 4.80 Å². The lowest BCUT2D eigenvalue weighted by Gasteiger charge is -2.05. The van der Waals surface area contributed by atoms with E-state index in [1.54, 1.807) is 34.9 Å². The van der Waals surface area contributed by atoms with E-state index in [2.05, 4.69) is 15.6 Å². The van der Waals surface area contributed by atoms with E-state index in [1.165, 1.54) is 11.3 Å². The van der Waals surface area contributed by atoms with Crippen molar-refractivity contribution in [2.75, 3.05) is 11.9 Å². The molecule has 3 aromatic rings. The minimum absolute atomic E-state index is 0.0588. The Kier molecular flexibility index (Phi) is 5.13. The van der Waals surface area contributed by atoms with Crippen LogP contribution in [0.4, 0.5) is 5.69 Å². The molecule has 148 valence electrons. The van der Waals surface area contributed by atoms with Gasteiger partial charge in [-0.2, -0.15) is 0 Å². The number of aromatic nitrogens is 1. The number of hydrogen-bond donors (Lipinski definition) is 2. The van der Waals surface area contributed by atoms with Gasteiger partial charge in [0.05, 0.1) is 17.6 Å². The summed E-state index contributed by atoms with van der Waals surface area (Å²) in [6, 6.07) is 10.5. The summed E-state index contributed by atoms with van der Waals surface area (Å²) < 4.78 is 7.82. The average Bonchev–Trinajstić information content (AvgIpc) is 3.41. The number of nitrogens with zero attached hydrogens (tertiary/aromatic N) is 2. The van der Waals surface area contributed by atoms with E-state index >= 15 is 0 Å². The third-order valence-electron chi connectivity index (χ3n) is 4.35. The molecule has 0 atom stereocenters. The predicted octanol–water partition coefficient (Wildman–Crippen LogP) is 0.528. The van der Waals surface area contributed by atoms with Crippen LogP contribution < -0.4 is 25.5 Å². The topological polar surface area (TPSA) is 106 Å². The number of nitrogens with one attached hydrogen (secondary N) is 2. The molecule has 1 aliphatic rings. The highest BCUT2D eigenvalue weighted by Gasteiger charge is 2.14. The average molecular weight is 410 g/mol. The smallest absolute Gasteiger partial charge is 0.313 e. The zero-order valence-electron chi connectivity index (χ0n) is 15.6. The number of aryl methyl sites for hydroxylation is 1. The first-order chi connectivity index (χ1) is 14.0. The maximum Gasteiger partial charge on any atom is 0.313 e. The first-order valence-electron chi connectivity index (χ1n) is 9.00.